The number of nitrogens with zero attached hydrogens (tertiary/aromatic N) is 2. The molecule has 1 amide bonds. The zero-order valence-corrected chi connectivity index (χ0v) is 13.1. The molecule has 0 aliphatic carbocycles. The Labute approximate surface area is 137 Å². The normalized spacial score (nSPS) is 21.5. The Balaban J connectivity index is 1.80. The van der Waals surface area contributed by atoms with Crippen LogP contribution in [0.4, 0.5) is 0 Å². The molecule has 1 heterocycles. The molecular weight excluding hydrogens is 284 g/mol. The van der Waals surface area contributed by atoms with Crippen molar-refractivity contribution in [3.8, 4) is 6.07 Å². The average Bonchev–Trinajstić information content (AvgIpc) is 2.77. The standard InChI is InChI=1S/C20H20N2O/c21-16-20(18-9-5-2-6-10-18)12-11-19(23)22(14-13-20)15-17-7-3-1-4-8-17/h1-10H,11-15H2. The predicted octanol–water partition coefficient (Wildman–Crippen LogP) is 3.66. The van der Waals surface area contributed by atoms with E-state index in [1.165, 1.54) is 0 Å². The summed E-state index contributed by atoms with van der Waals surface area (Å²) >= 11 is 0. The number of rotatable bonds is 3. The highest BCUT2D eigenvalue weighted by molar-refractivity contribution is 5.77. The first-order valence-electron chi connectivity index (χ1n) is 8.02. The van der Waals surface area contributed by atoms with Crippen molar-refractivity contribution in [2.45, 2.75) is 31.2 Å². The highest BCUT2D eigenvalue weighted by Gasteiger charge is 2.36. The van der Waals surface area contributed by atoms with Crippen LogP contribution in [0.25, 0.3) is 0 Å². The van der Waals surface area contributed by atoms with E-state index < -0.39 is 5.41 Å². The fraction of sp³-hybridized carbons (Fsp3) is 0.300. The van der Waals surface area contributed by atoms with E-state index in [1.807, 2.05) is 65.6 Å². The smallest absolute Gasteiger partial charge is 0.222 e. The number of benzene rings is 2. The Kier molecular flexibility index (Phi) is 4.43. The van der Waals surface area contributed by atoms with Crippen molar-refractivity contribution in [1.29, 1.82) is 5.26 Å². The van der Waals surface area contributed by atoms with Crippen LogP contribution < -0.4 is 0 Å². The SMILES string of the molecule is N#CC1(c2ccccc2)CCC(=O)N(Cc2ccccc2)CC1. The Bertz CT molecular complexity index is 705. The van der Waals surface area contributed by atoms with Gasteiger partial charge in [-0.15, -0.1) is 0 Å². The van der Waals surface area contributed by atoms with E-state index >= 15 is 0 Å². The predicted molar refractivity (Wildman–Crippen MR) is 89.4 cm³/mol. The van der Waals surface area contributed by atoms with Crippen LogP contribution in [0.5, 0.6) is 0 Å². The van der Waals surface area contributed by atoms with E-state index in [0.717, 1.165) is 11.1 Å². The van der Waals surface area contributed by atoms with Gasteiger partial charge in [0.05, 0.1) is 11.5 Å². The zero-order chi connectivity index (χ0) is 16.1. The average molecular weight is 304 g/mol. The lowest BCUT2D eigenvalue weighted by Crippen LogP contribution is -2.31. The lowest BCUT2D eigenvalue weighted by atomic mass is 9.76. The molecule has 116 valence electrons. The van der Waals surface area contributed by atoms with Crippen LogP contribution in [0, 0.1) is 11.3 Å². The maximum atomic E-state index is 12.5. The Morgan fingerprint density at radius 2 is 1.65 bits per heavy atom. The molecule has 1 aliphatic heterocycles. The van der Waals surface area contributed by atoms with Gasteiger partial charge < -0.3 is 4.90 Å². The summed E-state index contributed by atoms with van der Waals surface area (Å²) in [6, 6.07) is 22.4. The Hall–Kier alpha value is -2.60. The molecule has 3 nitrogen and oxygen atoms in total. The Morgan fingerprint density at radius 3 is 2.30 bits per heavy atom. The van der Waals surface area contributed by atoms with E-state index in [2.05, 4.69) is 6.07 Å². The summed E-state index contributed by atoms with van der Waals surface area (Å²) in [5.74, 6) is 0.141. The second kappa shape index (κ2) is 6.66. The Morgan fingerprint density at radius 1 is 1.00 bits per heavy atom. The van der Waals surface area contributed by atoms with Crippen molar-refractivity contribution < 1.29 is 4.79 Å². The van der Waals surface area contributed by atoms with Crippen LogP contribution in [-0.4, -0.2) is 17.4 Å². The second-order valence-electron chi connectivity index (χ2n) is 6.11. The molecule has 2 aromatic carbocycles. The van der Waals surface area contributed by atoms with Gasteiger partial charge in [0.25, 0.3) is 0 Å². The molecule has 0 N–H and O–H groups in total. The second-order valence-corrected chi connectivity index (χ2v) is 6.11. The van der Waals surface area contributed by atoms with Crippen molar-refractivity contribution in [2.75, 3.05) is 6.54 Å². The molecular formula is C20H20N2O. The topological polar surface area (TPSA) is 44.1 Å². The molecule has 1 saturated heterocycles. The largest absolute Gasteiger partial charge is 0.338 e. The van der Waals surface area contributed by atoms with Gasteiger partial charge in [-0.2, -0.15) is 5.26 Å². The third-order valence-corrected chi connectivity index (χ3v) is 4.68. The van der Waals surface area contributed by atoms with Crippen LogP contribution in [0.15, 0.2) is 60.7 Å². The van der Waals surface area contributed by atoms with E-state index in [0.29, 0.717) is 32.4 Å². The van der Waals surface area contributed by atoms with Gasteiger partial charge in [-0.1, -0.05) is 60.7 Å². The van der Waals surface area contributed by atoms with Crippen molar-refractivity contribution in [3.05, 3.63) is 71.8 Å². The number of hydrogen-bond acceptors (Lipinski definition) is 2. The van der Waals surface area contributed by atoms with Crippen molar-refractivity contribution in [1.82, 2.24) is 4.90 Å². The fourth-order valence-corrected chi connectivity index (χ4v) is 3.25. The van der Waals surface area contributed by atoms with Gasteiger partial charge in [0, 0.05) is 19.5 Å². The van der Waals surface area contributed by atoms with Crippen LogP contribution in [-0.2, 0) is 16.8 Å². The van der Waals surface area contributed by atoms with Crippen LogP contribution >= 0.6 is 0 Å². The molecule has 0 aromatic heterocycles. The lowest BCUT2D eigenvalue weighted by Gasteiger charge is -2.26. The molecule has 0 radical (unpaired) electrons. The summed E-state index contributed by atoms with van der Waals surface area (Å²) in [4.78, 5) is 14.4. The molecule has 0 spiro atoms. The number of amides is 1. The molecule has 1 fully saturated rings. The first-order chi connectivity index (χ1) is 11.2. The summed E-state index contributed by atoms with van der Waals surface area (Å²) in [7, 11) is 0. The molecule has 0 bridgehead atoms. The van der Waals surface area contributed by atoms with E-state index in [9.17, 15) is 10.1 Å². The van der Waals surface area contributed by atoms with Crippen molar-refractivity contribution in [3.63, 3.8) is 0 Å². The zero-order valence-electron chi connectivity index (χ0n) is 13.1. The van der Waals surface area contributed by atoms with Crippen LogP contribution in [0.1, 0.15) is 30.4 Å². The van der Waals surface area contributed by atoms with E-state index in [-0.39, 0.29) is 5.91 Å². The number of carbonyl (C=O) groups excluding carboxylic acids is 1. The van der Waals surface area contributed by atoms with Gasteiger partial charge in [0.1, 0.15) is 0 Å². The molecule has 0 saturated carbocycles. The number of nitriles is 1. The van der Waals surface area contributed by atoms with Gasteiger partial charge in [-0.3, -0.25) is 4.79 Å². The van der Waals surface area contributed by atoms with Gasteiger partial charge >= 0.3 is 0 Å². The quantitative estimate of drug-likeness (QED) is 0.868. The van der Waals surface area contributed by atoms with Crippen molar-refractivity contribution >= 4 is 5.91 Å². The highest BCUT2D eigenvalue weighted by atomic mass is 16.2. The maximum absolute atomic E-state index is 12.5. The summed E-state index contributed by atoms with van der Waals surface area (Å²) in [6.45, 7) is 1.24. The third-order valence-electron chi connectivity index (χ3n) is 4.68. The van der Waals surface area contributed by atoms with E-state index in [1.54, 1.807) is 0 Å². The molecule has 2 aromatic rings. The number of likely N-dealkylation sites (tertiary alicyclic amines) is 1. The first-order valence-corrected chi connectivity index (χ1v) is 8.02. The first kappa shape index (κ1) is 15.3. The van der Waals surface area contributed by atoms with Gasteiger partial charge in [0.2, 0.25) is 5.91 Å². The third kappa shape index (κ3) is 3.27. The minimum Gasteiger partial charge on any atom is -0.338 e. The molecule has 1 atom stereocenters. The summed E-state index contributed by atoms with van der Waals surface area (Å²) in [6.07, 6.45) is 1.71. The minimum absolute atomic E-state index is 0.141. The fourth-order valence-electron chi connectivity index (χ4n) is 3.25. The lowest BCUT2D eigenvalue weighted by molar-refractivity contribution is -0.131. The summed E-state index contributed by atoms with van der Waals surface area (Å²) < 4.78 is 0. The molecule has 1 aliphatic rings. The molecule has 3 rings (SSSR count). The van der Waals surface area contributed by atoms with Crippen LogP contribution in [0.2, 0.25) is 0 Å². The van der Waals surface area contributed by atoms with Crippen molar-refractivity contribution in [2.24, 2.45) is 0 Å². The molecule has 3 heteroatoms. The molecule has 1 unspecified atom stereocenters. The van der Waals surface area contributed by atoms with Gasteiger partial charge in [0.15, 0.2) is 0 Å². The maximum Gasteiger partial charge on any atom is 0.222 e. The molecule has 23 heavy (non-hydrogen) atoms. The summed E-state index contributed by atoms with van der Waals surface area (Å²) in [5.41, 5.74) is 1.60. The highest BCUT2D eigenvalue weighted by Crippen LogP contribution is 2.35. The monoisotopic (exact) mass is 304 g/mol. The number of carbonyl (C=O) groups is 1. The van der Waals surface area contributed by atoms with Gasteiger partial charge in [-0.25, -0.2) is 0 Å². The minimum atomic E-state index is -0.553. The number of hydrogen-bond donors (Lipinski definition) is 0. The van der Waals surface area contributed by atoms with Crippen LogP contribution in [0.3, 0.4) is 0 Å². The van der Waals surface area contributed by atoms with E-state index in [4.69, 9.17) is 0 Å². The summed E-state index contributed by atoms with van der Waals surface area (Å²) in [5, 5.41) is 9.80. The van der Waals surface area contributed by atoms with Gasteiger partial charge in [-0.05, 0) is 24.0 Å².